The van der Waals surface area contributed by atoms with E-state index in [1.165, 1.54) is 12.1 Å². The summed E-state index contributed by atoms with van der Waals surface area (Å²) in [5.74, 6) is -0.642. The van der Waals surface area contributed by atoms with Crippen molar-refractivity contribution in [3.63, 3.8) is 0 Å². The van der Waals surface area contributed by atoms with Crippen LogP contribution in [0.2, 0.25) is 0 Å². The summed E-state index contributed by atoms with van der Waals surface area (Å²) in [5.41, 5.74) is 9.35. The minimum atomic E-state index is -0.821. The first kappa shape index (κ1) is 50.6. The van der Waals surface area contributed by atoms with Crippen LogP contribution >= 0.6 is 0 Å². The molecule has 10 bridgehead atoms. The van der Waals surface area contributed by atoms with E-state index >= 15 is 0 Å². The Bertz CT molecular complexity index is 2810. The van der Waals surface area contributed by atoms with Crippen molar-refractivity contribution in [3.05, 3.63) is 184 Å². The molecule has 0 unspecified atom stereocenters. The van der Waals surface area contributed by atoms with Crippen molar-refractivity contribution < 1.29 is 30.5 Å². The van der Waals surface area contributed by atoms with Gasteiger partial charge >= 0.3 is 0 Å². The molecule has 0 amide bonds. The fraction of sp³-hybridized carbons (Fsp3) is 0.410. The number of nitro benzene ring substituents is 1. The number of hydrogen-bond acceptors (Lipinski definition) is 7. The predicted molar refractivity (Wildman–Crippen MR) is 279 cm³/mol. The predicted octanol–water partition coefficient (Wildman–Crippen LogP) is 14.5. The molecule has 8 nitrogen and oxygen atoms in total. The highest BCUT2D eigenvalue weighted by Gasteiger charge is 2.33. The number of fused-ring (bicyclic) bond motifs is 10. The Hall–Kier alpha value is -6.28. The molecule has 364 valence electrons. The number of phenolic OH excluding ortho intramolecular Hbond substituents is 5. The second-order valence-electron chi connectivity index (χ2n) is 24.8. The minimum Gasteiger partial charge on any atom is -0.507 e. The van der Waals surface area contributed by atoms with Crippen LogP contribution in [0.1, 0.15) is 199 Å². The van der Waals surface area contributed by atoms with Gasteiger partial charge in [-0.3, -0.25) is 10.1 Å². The Balaban J connectivity index is 1.67. The number of hydrogen-bond donors (Lipinski definition) is 5. The Morgan fingerprint density at radius 2 is 0.594 bits per heavy atom. The molecule has 0 heterocycles. The summed E-state index contributed by atoms with van der Waals surface area (Å²) in [4.78, 5) is 11.6. The van der Waals surface area contributed by atoms with Crippen LogP contribution in [0, 0.1) is 10.1 Å². The standard InChI is InChI=1S/C61H73NO7/c1-57(2,3)43-24-35-20-37-26-44(58(4,5)6)28-39(53(37)64)22-41-30-46(60(10,11)12)32-49(55(41)66)51(34-16-18-48(19-17-34)62(68)69)50-33-47(61(13,14)15)31-42(56(50)67)23-40-29-45(59(7,8)9)27-38(54(40)65)21-36(25-43)52(35)63/h16-19,24-33,51,63-67H,20-23H2,1-15H3. The highest BCUT2D eigenvalue weighted by atomic mass is 16.6. The van der Waals surface area contributed by atoms with Crippen LogP contribution in [0.4, 0.5) is 5.69 Å². The van der Waals surface area contributed by atoms with Crippen LogP contribution in [0.15, 0.2) is 84.9 Å². The second kappa shape index (κ2) is 17.6. The van der Waals surface area contributed by atoms with Crippen LogP contribution in [0.3, 0.4) is 0 Å². The molecule has 0 aromatic heterocycles. The summed E-state index contributed by atoms with van der Waals surface area (Å²) in [6, 6.07) is 26.3. The molecule has 5 N–H and O–H groups in total. The average molecular weight is 932 g/mol. The highest BCUT2D eigenvalue weighted by molar-refractivity contribution is 5.63. The van der Waals surface area contributed by atoms with E-state index < -0.39 is 21.7 Å². The molecule has 0 spiro atoms. The quantitative estimate of drug-likeness (QED) is 0.0857. The van der Waals surface area contributed by atoms with Gasteiger partial charge in [-0.05, 0) is 105 Å². The monoisotopic (exact) mass is 932 g/mol. The number of nitrogens with zero attached hydrogens (tertiary/aromatic N) is 1. The molecule has 0 saturated heterocycles. The third-order valence-electron chi connectivity index (χ3n) is 14.2. The van der Waals surface area contributed by atoms with E-state index in [0.717, 1.165) is 27.8 Å². The zero-order valence-corrected chi connectivity index (χ0v) is 43.5. The van der Waals surface area contributed by atoms with Gasteiger partial charge in [0.25, 0.3) is 5.69 Å². The van der Waals surface area contributed by atoms with Crippen molar-refractivity contribution in [2.45, 2.75) is 163 Å². The Morgan fingerprint density at radius 3 is 0.812 bits per heavy atom. The molecule has 8 heteroatoms. The maximum atomic E-state index is 12.9. The fourth-order valence-electron chi connectivity index (χ4n) is 9.54. The Kier molecular flexibility index (Phi) is 12.9. The first-order valence-electron chi connectivity index (χ1n) is 24.2. The molecule has 69 heavy (non-hydrogen) atoms. The minimum absolute atomic E-state index is 0.0229. The zero-order valence-electron chi connectivity index (χ0n) is 43.5. The summed E-state index contributed by atoms with van der Waals surface area (Å²) < 4.78 is 0. The number of rotatable bonds is 2. The van der Waals surface area contributed by atoms with Gasteiger partial charge in [-0.15, -0.1) is 0 Å². The maximum Gasteiger partial charge on any atom is 0.269 e. The Labute approximate surface area is 409 Å². The maximum absolute atomic E-state index is 12.9. The van der Waals surface area contributed by atoms with E-state index in [4.69, 9.17) is 0 Å². The zero-order chi connectivity index (χ0) is 51.1. The van der Waals surface area contributed by atoms with E-state index in [2.05, 4.69) is 104 Å². The van der Waals surface area contributed by atoms with Gasteiger partial charge in [-0.2, -0.15) is 0 Å². The van der Waals surface area contributed by atoms with Crippen molar-refractivity contribution in [1.82, 2.24) is 0 Å². The number of non-ortho nitro benzene ring substituents is 1. The molecule has 0 saturated carbocycles. The van der Waals surface area contributed by atoms with Crippen molar-refractivity contribution in [2.24, 2.45) is 0 Å². The van der Waals surface area contributed by atoms with E-state index in [-0.39, 0.29) is 76.4 Å². The normalized spacial score (nSPS) is 14.1. The number of nitro groups is 1. The molecule has 0 fully saturated rings. The van der Waals surface area contributed by atoms with Crippen molar-refractivity contribution in [2.75, 3.05) is 0 Å². The van der Waals surface area contributed by atoms with Gasteiger partial charge in [-0.25, -0.2) is 0 Å². The number of benzene rings is 6. The molecule has 6 aromatic rings. The Morgan fingerprint density at radius 1 is 0.377 bits per heavy atom. The van der Waals surface area contributed by atoms with Crippen LogP contribution in [-0.2, 0) is 52.8 Å². The molecule has 1 aliphatic carbocycles. The van der Waals surface area contributed by atoms with Gasteiger partial charge in [0, 0.05) is 54.9 Å². The van der Waals surface area contributed by atoms with E-state index in [9.17, 15) is 35.6 Å². The molecule has 7 rings (SSSR count). The molecule has 0 radical (unpaired) electrons. The number of phenols is 5. The summed E-state index contributed by atoms with van der Waals surface area (Å²) in [7, 11) is 0. The van der Waals surface area contributed by atoms with Crippen LogP contribution in [0.5, 0.6) is 28.7 Å². The second-order valence-corrected chi connectivity index (χ2v) is 24.8. The highest BCUT2D eigenvalue weighted by Crippen LogP contribution is 2.49. The van der Waals surface area contributed by atoms with Crippen molar-refractivity contribution >= 4 is 5.69 Å². The molecular weight excluding hydrogens is 859 g/mol. The molecule has 0 aliphatic heterocycles. The molecular formula is C61H73NO7. The van der Waals surface area contributed by atoms with Crippen LogP contribution in [-0.4, -0.2) is 30.5 Å². The lowest BCUT2D eigenvalue weighted by atomic mass is 9.75. The SMILES string of the molecule is CC(C)(C)c1cc2c(O)c(c1)Cc1cc(C(C)(C)C)cc(c1O)Cc1cc(C(C)(C)C)cc(c1O)C(c1ccc([N+](=O)[O-])cc1)c1cc(C(C)(C)C)cc(c1O)Cc1cc(C(C)(C)C)cc(c1O)C2. The van der Waals surface area contributed by atoms with Crippen molar-refractivity contribution in [3.8, 4) is 28.7 Å². The van der Waals surface area contributed by atoms with Gasteiger partial charge in [-0.1, -0.05) is 177 Å². The lowest BCUT2D eigenvalue weighted by molar-refractivity contribution is -0.384. The van der Waals surface area contributed by atoms with E-state index in [0.29, 0.717) is 61.2 Å². The largest absolute Gasteiger partial charge is 0.507 e. The summed E-state index contributed by atoms with van der Waals surface area (Å²) >= 11 is 0. The van der Waals surface area contributed by atoms with Gasteiger partial charge in [0.1, 0.15) is 28.7 Å². The van der Waals surface area contributed by atoms with Gasteiger partial charge in [0.15, 0.2) is 0 Å². The third kappa shape index (κ3) is 10.4. The summed E-state index contributed by atoms with van der Waals surface area (Å²) in [6.45, 7) is 31.7. The van der Waals surface area contributed by atoms with Crippen molar-refractivity contribution in [1.29, 1.82) is 0 Å². The van der Waals surface area contributed by atoms with Gasteiger partial charge in [0.2, 0.25) is 0 Å². The van der Waals surface area contributed by atoms with Gasteiger partial charge < -0.3 is 25.5 Å². The lowest BCUT2D eigenvalue weighted by Crippen LogP contribution is -2.17. The van der Waals surface area contributed by atoms with E-state index in [1.54, 1.807) is 12.1 Å². The molecule has 6 aromatic carbocycles. The number of aromatic hydroxyl groups is 5. The molecule has 1 aliphatic rings. The first-order valence-corrected chi connectivity index (χ1v) is 24.2. The first-order chi connectivity index (χ1) is 31.7. The summed E-state index contributed by atoms with van der Waals surface area (Å²) in [6.07, 6.45) is 0.745. The fourth-order valence-corrected chi connectivity index (χ4v) is 9.54. The van der Waals surface area contributed by atoms with Gasteiger partial charge in [0.05, 0.1) is 4.92 Å². The average Bonchev–Trinajstić information content (AvgIpc) is 3.22. The van der Waals surface area contributed by atoms with Crippen LogP contribution in [0.25, 0.3) is 0 Å². The lowest BCUT2D eigenvalue weighted by Gasteiger charge is -2.30. The topological polar surface area (TPSA) is 144 Å². The summed E-state index contributed by atoms with van der Waals surface area (Å²) in [5, 5.41) is 75.2. The smallest absolute Gasteiger partial charge is 0.269 e. The van der Waals surface area contributed by atoms with Crippen LogP contribution < -0.4 is 0 Å². The van der Waals surface area contributed by atoms with E-state index in [1.807, 2.05) is 60.7 Å². The third-order valence-corrected chi connectivity index (χ3v) is 14.2. The molecule has 0 atom stereocenters.